The molecule has 2 atom stereocenters. The second-order valence-corrected chi connectivity index (χ2v) is 8.13. The highest BCUT2D eigenvalue weighted by Gasteiger charge is 2.41. The number of benzene rings is 1. The van der Waals surface area contributed by atoms with Crippen molar-refractivity contribution in [2.45, 2.75) is 57.5 Å². The molecule has 1 heterocycles. The lowest BCUT2D eigenvalue weighted by atomic mass is 9.78. The van der Waals surface area contributed by atoms with E-state index in [1.54, 1.807) is 7.11 Å². The minimum Gasteiger partial charge on any atom is -0.492 e. The zero-order chi connectivity index (χ0) is 19.1. The van der Waals surface area contributed by atoms with Crippen LogP contribution in [-0.4, -0.2) is 49.8 Å². The van der Waals surface area contributed by atoms with Gasteiger partial charge in [-0.05, 0) is 75.4 Å². The maximum atomic E-state index is 12.8. The van der Waals surface area contributed by atoms with Gasteiger partial charge in [-0.3, -0.25) is 9.69 Å². The average molecular weight is 375 g/mol. The molecule has 1 aromatic carbocycles. The Morgan fingerprint density at radius 2 is 1.93 bits per heavy atom. The fraction of sp³-hybridized carbons (Fsp3) is 0.682. The predicted octanol–water partition coefficient (Wildman–Crippen LogP) is 4.09. The Balaban J connectivity index is 1.48. The van der Waals surface area contributed by atoms with E-state index in [4.69, 9.17) is 9.47 Å². The summed E-state index contributed by atoms with van der Waals surface area (Å²) in [6.07, 6.45) is 7.73. The van der Waals surface area contributed by atoms with Gasteiger partial charge in [0.05, 0.1) is 0 Å². The number of carbonyl (C=O) groups excluding carboxylic acids is 1. The lowest BCUT2D eigenvalue weighted by Gasteiger charge is -2.37. The molecule has 0 aromatic heterocycles. The molecular formula is C22H34N2O3. The summed E-state index contributed by atoms with van der Waals surface area (Å²) >= 11 is 0. The Hall–Kier alpha value is -1.59. The Bertz CT molecular complexity index is 598. The molecule has 5 heteroatoms. The number of amides is 1. The minimum absolute atomic E-state index is 0.0321. The minimum atomic E-state index is -0.693. The first-order valence-corrected chi connectivity index (χ1v) is 10.4. The van der Waals surface area contributed by atoms with E-state index in [0.717, 1.165) is 37.2 Å². The standard InChI is InChI=1S/C22H34N2O3/c1-18-7-6-12-22(17-18,26-2)21(25)23-19-8-10-20(11-9-19)27-16-15-24-13-4-3-5-14-24/h8-11,18H,3-7,12-17H2,1-2H3,(H,23,25). The number of piperidine rings is 1. The molecule has 1 saturated heterocycles. The third-order valence-corrected chi connectivity index (χ3v) is 6.00. The van der Waals surface area contributed by atoms with Crippen LogP contribution in [0.3, 0.4) is 0 Å². The van der Waals surface area contributed by atoms with Crippen LogP contribution < -0.4 is 10.1 Å². The number of methoxy groups -OCH3 is 1. The number of anilines is 1. The maximum absolute atomic E-state index is 12.8. The van der Waals surface area contributed by atoms with Crippen molar-refractivity contribution in [3.8, 4) is 5.75 Å². The van der Waals surface area contributed by atoms with E-state index in [0.29, 0.717) is 12.5 Å². The first kappa shape index (κ1) is 20.2. The van der Waals surface area contributed by atoms with Crippen molar-refractivity contribution in [3.05, 3.63) is 24.3 Å². The van der Waals surface area contributed by atoms with E-state index < -0.39 is 5.60 Å². The largest absolute Gasteiger partial charge is 0.492 e. The molecule has 1 N–H and O–H groups in total. The molecular weight excluding hydrogens is 340 g/mol. The van der Waals surface area contributed by atoms with Crippen LogP contribution in [0.5, 0.6) is 5.75 Å². The van der Waals surface area contributed by atoms with Gasteiger partial charge in [0.1, 0.15) is 18.0 Å². The van der Waals surface area contributed by atoms with Crippen molar-refractivity contribution in [2.75, 3.05) is 38.7 Å². The predicted molar refractivity (Wildman–Crippen MR) is 108 cm³/mol. The van der Waals surface area contributed by atoms with Gasteiger partial charge in [0, 0.05) is 19.3 Å². The molecule has 2 aliphatic rings. The SMILES string of the molecule is COC1(C(=O)Nc2ccc(OCCN3CCCCC3)cc2)CCCC(C)C1. The highest BCUT2D eigenvalue weighted by Crippen LogP contribution is 2.35. The van der Waals surface area contributed by atoms with Crippen molar-refractivity contribution in [2.24, 2.45) is 5.92 Å². The fourth-order valence-corrected chi connectivity index (χ4v) is 4.34. The Labute approximate surface area is 163 Å². The third-order valence-electron chi connectivity index (χ3n) is 6.00. The number of likely N-dealkylation sites (tertiary alicyclic amines) is 1. The van der Waals surface area contributed by atoms with Gasteiger partial charge in [-0.25, -0.2) is 0 Å². The summed E-state index contributed by atoms with van der Waals surface area (Å²) in [5.74, 6) is 1.33. The summed E-state index contributed by atoms with van der Waals surface area (Å²) in [6, 6.07) is 7.66. The molecule has 1 saturated carbocycles. The van der Waals surface area contributed by atoms with Gasteiger partial charge < -0.3 is 14.8 Å². The number of ether oxygens (including phenoxy) is 2. The Morgan fingerprint density at radius 1 is 1.19 bits per heavy atom. The van der Waals surface area contributed by atoms with Crippen molar-refractivity contribution < 1.29 is 14.3 Å². The molecule has 2 fully saturated rings. The van der Waals surface area contributed by atoms with Gasteiger partial charge in [-0.15, -0.1) is 0 Å². The van der Waals surface area contributed by atoms with Crippen molar-refractivity contribution >= 4 is 11.6 Å². The summed E-state index contributed by atoms with van der Waals surface area (Å²) in [7, 11) is 1.65. The fourth-order valence-electron chi connectivity index (χ4n) is 4.34. The van der Waals surface area contributed by atoms with Crippen molar-refractivity contribution in [1.29, 1.82) is 0 Å². The van der Waals surface area contributed by atoms with Crippen molar-refractivity contribution in [1.82, 2.24) is 4.90 Å². The van der Waals surface area contributed by atoms with Crippen LogP contribution in [0, 0.1) is 5.92 Å². The molecule has 1 aliphatic heterocycles. The summed E-state index contributed by atoms with van der Waals surface area (Å²) in [5, 5.41) is 3.03. The quantitative estimate of drug-likeness (QED) is 0.781. The van der Waals surface area contributed by atoms with Crippen LogP contribution in [0.4, 0.5) is 5.69 Å². The molecule has 2 unspecified atom stereocenters. The number of rotatable bonds is 7. The van der Waals surface area contributed by atoms with E-state index in [1.807, 2.05) is 24.3 Å². The smallest absolute Gasteiger partial charge is 0.256 e. The topological polar surface area (TPSA) is 50.8 Å². The molecule has 1 aliphatic carbocycles. The molecule has 3 rings (SSSR count). The Morgan fingerprint density at radius 3 is 2.59 bits per heavy atom. The van der Waals surface area contributed by atoms with Gasteiger partial charge in [0.15, 0.2) is 0 Å². The van der Waals surface area contributed by atoms with Crippen LogP contribution in [0.25, 0.3) is 0 Å². The van der Waals surface area contributed by atoms with Gasteiger partial charge in [-0.1, -0.05) is 19.8 Å². The van der Waals surface area contributed by atoms with Gasteiger partial charge >= 0.3 is 0 Å². The zero-order valence-corrected chi connectivity index (χ0v) is 16.8. The van der Waals surface area contributed by atoms with Gasteiger partial charge in [0.25, 0.3) is 5.91 Å². The van der Waals surface area contributed by atoms with Crippen LogP contribution in [0.1, 0.15) is 51.9 Å². The summed E-state index contributed by atoms with van der Waals surface area (Å²) < 4.78 is 11.5. The molecule has 27 heavy (non-hydrogen) atoms. The molecule has 1 amide bonds. The van der Waals surface area contributed by atoms with Crippen LogP contribution in [0.15, 0.2) is 24.3 Å². The molecule has 150 valence electrons. The summed E-state index contributed by atoms with van der Waals surface area (Å²) in [6.45, 7) is 6.25. The highest BCUT2D eigenvalue weighted by molar-refractivity contribution is 5.97. The number of nitrogens with zero attached hydrogens (tertiary/aromatic N) is 1. The number of hydrogen-bond acceptors (Lipinski definition) is 4. The zero-order valence-electron chi connectivity index (χ0n) is 16.8. The van der Waals surface area contributed by atoms with E-state index in [9.17, 15) is 4.79 Å². The third kappa shape index (κ3) is 5.45. The molecule has 0 spiro atoms. The van der Waals surface area contributed by atoms with Gasteiger partial charge in [0.2, 0.25) is 0 Å². The lowest BCUT2D eigenvalue weighted by molar-refractivity contribution is -0.143. The summed E-state index contributed by atoms with van der Waals surface area (Å²) in [4.78, 5) is 15.3. The van der Waals surface area contributed by atoms with Gasteiger partial charge in [-0.2, -0.15) is 0 Å². The number of carbonyl (C=O) groups is 1. The highest BCUT2D eigenvalue weighted by atomic mass is 16.5. The molecule has 0 bridgehead atoms. The van der Waals surface area contributed by atoms with Crippen molar-refractivity contribution in [3.63, 3.8) is 0 Å². The maximum Gasteiger partial charge on any atom is 0.256 e. The second kappa shape index (κ2) is 9.56. The Kier molecular flexibility index (Phi) is 7.13. The second-order valence-electron chi connectivity index (χ2n) is 8.13. The number of nitrogens with one attached hydrogen (secondary N) is 1. The van der Waals surface area contributed by atoms with Crippen LogP contribution in [-0.2, 0) is 9.53 Å². The average Bonchev–Trinajstić information content (AvgIpc) is 2.70. The molecule has 1 aromatic rings. The summed E-state index contributed by atoms with van der Waals surface area (Å²) in [5.41, 5.74) is 0.0967. The first-order chi connectivity index (χ1) is 13.1. The van der Waals surface area contributed by atoms with E-state index >= 15 is 0 Å². The molecule has 5 nitrogen and oxygen atoms in total. The van der Waals surface area contributed by atoms with E-state index in [-0.39, 0.29) is 5.91 Å². The van der Waals surface area contributed by atoms with Crippen LogP contribution >= 0.6 is 0 Å². The lowest BCUT2D eigenvalue weighted by Crippen LogP contribution is -2.47. The molecule has 0 radical (unpaired) electrons. The van der Waals surface area contributed by atoms with Crippen LogP contribution in [0.2, 0.25) is 0 Å². The number of hydrogen-bond donors (Lipinski definition) is 1. The normalized spacial score (nSPS) is 26.5. The van der Waals surface area contributed by atoms with E-state index in [2.05, 4.69) is 17.1 Å². The van der Waals surface area contributed by atoms with E-state index in [1.165, 1.54) is 38.8 Å². The monoisotopic (exact) mass is 374 g/mol. The first-order valence-electron chi connectivity index (χ1n) is 10.4.